The molecule has 0 heterocycles. The molecule has 40 heavy (non-hydrogen) atoms. The van der Waals surface area contributed by atoms with E-state index in [2.05, 4.69) is 5.32 Å². The monoisotopic (exact) mass is 597 g/mol. The molecule has 208 valence electrons. The Morgan fingerprint density at radius 1 is 0.925 bits per heavy atom. The summed E-state index contributed by atoms with van der Waals surface area (Å²) in [7, 11) is -3.79. The zero-order chi connectivity index (χ0) is 28.7. The highest BCUT2D eigenvalue weighted by Crippen LogP contribution is 2.32. The molecular formula is C31H29Cl2NO5S. The van der Waals surface area contributed by atoms with E-state index in [4.69, 9.17) is 27.9 Å². The predicted octanol–water partition coefficient (Wildman–Crippen LogP) is 6.54. The largest absolute Gasteiger partial charge is 0.462 e. The number of esters is 1. The molecule has 0 saturated carbocycles. The molecule has 0 aliphatic rings. The molecule has 0 unspecified atom stereocenters. The summed E-state index contributed by atoms with van der Waals surface area (Å²) in [5.41, 5.74) is 3.37. The third-order valence-electron chi connectivity index (χ3n) is 6.33. The van der Waals surface area contributed by atoms with Gasteiger partial charge in [-0.3, -0.25) is 0 Å². The first kappa shape index (κ1) is 29.8. The molecule has 6 nitrogen and oxygen atoms in total. The second kappa shape index (κ2) is 13.4. The van der Waals surface area contributed by atoms with Gasteiger partial charge in [0, 0.05) is 22.2 Å². The number of hydrogen-bond acceptors (Lipinski definition) is 6. The van der Waals surface area contributed by atoms with Gasteiger partial charge >= 0.3 is 5.97 Å². The maximum Gasteiger partial charge on any atom is 0.338 e. The Balaban J connectivity index is 1.39. The minimum Gasteiger partial charge on any atom is -0.462 e. The van der Waals surface area contributed by atoms with Crippen molar-refractivity contribution < 1.29 is 23.1 Å². The van der Waals surface area contributed by atoms with Gasteiger partial charge in [0.15, 0.2) is 0 Å². The highest BCUT2D eigenvalue weighted by Gasteiger charge is 2.20. The van der Waals surface area contributed by atoms with Crippen molar-refractivity contribution in [3.8, 4) is 11.1 Å². The van der Waals surface area contributed by atoms with Crippen LogP contribution in [0.2, 0.25) is 10.0 Å². The Hall–Kier alpha value is -3.20. The molecule has 0 radical (unpaired) electrons. The van der Waals surface area contributed by atoms with Gasteiger partial charge in [0.2, 0.25) is 9.84 Å². The molecule has 0 aliphatic heterocycles. The summed E-state index contributed by atoms with van der Waals surface area (Å²) < 4.78 is 31.6. The van der Waals surface area contributed by atoms with Crippen LogP contribution in [0.1, 0.15) is 34.5 Å². The Morgan fingerprint density at radius 2 is 1.65 bits per heavy atom. The summed E-state index contributed by atoms with van der Waals surface area (Å²) in [6.45, 7) is 2.98. The molecule has 2 N–H and O–H groups in total. The van der Waals surface area contributed by atoms with Crippen molar-refractivity contribution in [1.29, 1.82) is 0 Å². The first-order valence-corrected chi connectivity index (χ1v) is 15.0. The highest BCUT2D eigenvalue weighted by atomic mass is 35.5. The van der Waals surface area contributed by atoms with Crippen molar-refractivity contribution in [2.75, 3.05) is 19.7 Å². The Labute approximate surface area is 244 Å². The van der Waals surface area contributed by atoms with E-state index in [0.717, 1.165) is 11.1 Å². The van der Waals surface area contributed by atoms with Crippen molar-refractivity contribution in [3.63, 3.8) is 0 Å². The summed E-state index contributed by atoms with van der Waals surface area (Å²) in [5.74, 6) is -0.436. The predicted molar refractivity (Wildman–Crippen MR) is 158 cm³/mol. The van der Waals surface area contributed by atoms with Gasteiger partial charge in [-0.25, -0.2) is 13.2 Å². The van der Waals surface area contributed by atoms with Crippen LogP contribution in [0, 0.1) is 0 Å². The van der Waals surface area contributed by atoms with Crippen LogP contribution in [0.3, 0.4) is 0 Å². The number of benzene rings is 4. The van der Waals surface area contributed by atoms with Crippen molar-refractivity contribution >= 4 is 39.0 Å². The van der Waals surface area contributed by atoms with Crippen LogP contribution in [0.5, 0.6) is 0 Å². The van der Waals surface area contributed by atoms with Crippen LogP contribution >= 0.6 is 23.2 Å². The summed E-state index contributed by atoms with van der Waals surface area (Å²) in [5, 5.41) is 14.4. The van der Waals surface area contributed by atoms with Crippen molar-refractivity contribution in [2.24, 2.45) is 0 Å². The summed E-state index contributed by atoms with van der Waals surface area (Å²) >= 11 is 12.5. The van der Waals surface area contributed by atoms with Crippen LogP contribution in [-0.4, -0.2) is 39.2 Å². The molecule has 0 bridgehead atoms. The molecule has 1 atom stereocenters. The molecule has 0 aromatic heterocycles. The fourth-order valence-electron chi connectivity index (χ4n) is 4.20. The van der Waals surface area contributed by atoms with Crippen molar-refractivity contribution in [2.45, 2.75) is 29.2 Å². The van der Waals surface area contributed by atoms with Gasteiger partial charge in [0.25, 0.3) is 0 Å². The second-order valence-corrected chi connectivity index (χ2v) is 11.9. The molecule has 4 aromatic rings. The normalized spacial score (nSPS) is 12.2. The van der Waals surface area contributed by atoms with Crippen molar-refractivity contribution in [1.82, 2.24) is 5.32 Å². The fraction of sp³-hybridized carbons (Fsp3) is 0.194. The first-order chi connectivity index (χ1) is 19.2. The van der Waals surface area contributed by atoms with Crippen LogP contribution < -0.4 is 5.32 Å². The molecule has 0 aliphatic carbocycles. The number of aliphatic hydroxyl groups excluding tert-OH is 1. The first-order valence-electron chi connectivity index (χ1n) is 12.7. The molecule has 0 amide bonds. The van der Waals surface area contributed by atoms with Gasteiger partial charge in [-0.15, -0.1) is 0 Å². The molecule has 0 saturated heterocycles. The van der Waals surface area contributed by atoms with Crippen LogP contribution in [-0.2, 0) is 21.0 Å². The average molecular weight is 599 g/mol. The van der Waals surface area contributed by atoms with E-state index < -0.39 is 21.9 Å². The lowest BCUT2D eigenvalue weighted by molar-refractivity contribution is 0.0526. The van der Waals surface area contributed by atoms with Gasteiger partial charge in [-0.05, 0) is 85.1 Å². The number of ether oxygens (including phenoxy) is 1. The maximum absolute atomic E-state index is 13.3. The number of carbonyl (C=O) groups is 1. The van der Waals surface area contributed by atoms with Crippen LogP contribution in [0.4, 0.5) is 0 Å². The fourth-order valence-corrected chi connectivity index (χ4v) is 6.04. The molecule has 4 rings (SSSR count). The van der Waals surface area contributed by atoms with Gasteiger partial charge in [0.1, 0.15) is 0 Å². The summed E-state index contributed by atoms with van der Waals surface area (Å²) in [6, 6.07) is 25.2. The second-order valence-electron chi connectivity index (χ2n) is 9.12. The zero-order valence-corrected chi connectivity index (χ0v) is 24.1. The minimum atomic E-state index is -3.79. The molecule has 9 heteroatoms. The Bertz CT molecular complexity index is 1590. The van der Waals surface area contributed by atoms with Gasteiger partial charge in [-0.2, -0.15) is 0 Å². The van der Waals surface area contributed by atoms with Crippen LogP contribution in [0.25, 0.3) is 11.1 Å². The third-order valence-corrected chi connectivity index (χ3v) is 8.65. The van der Waals surface area contributed by atoms with Gasteiger partial charge in [0.05, 0.1) is 28.1 Å². The highest BCUT2D eigenvalue weighted by molar-refractivity contribution is 7.91. The van der Waals surface area contributed by atoms with E-state index in [1.807, 2.05) is 6.07 Å². The van der Waals surface area contributed by atoms with E-state index >= 15 is 0 Å². The lowest BCUT2D eigenvalue weighted by atomic mass is 10.0. The number of aliphatic hydroxyl groups is 1. The number of halogens is 2. The van der Waals surface area contributed by atoms with E-state index in [1.165, 1.54) is 12.1 Å². The average Bonchev–Trinajstić information content (AvgIpc) is 2.95. The van der Waals surface area contributed by atoms with E-state index in [-0.39, 0.29) is 21.4 Å². The molecule has 0 spiro atoms. The Morgan fingerprint density at radius 3 is 2.35 bits per heavy atom. The molecule has 0 fully saturated rings. The van der Waals surface area contributed by atoms with E-state index in [9.17, 15) is 18.3 Å². The SMILES string of the molecule is CCOC(=O)c1cccc(-c2ccc(S(=O)(=O)c3ccc(CCNC[C@H](O)c4cccc(Cl)c4)cc3)cc2Cl)c1. The molecule has 4 aromatic carbocycles. The number of rotatable bonds is 11. The quantitative estimate of drug-likeness (QED) is 0.151. The zero-order valence-electron chi connectivity index (χ0n) is 21.8. The topological polar surface area (TPSA) is 92.7 Å². The van der Waals surface area contributed by atoms with E-state index in [1.54, 1.807) is 79.7 Å². The van der Waals surface area contributed by atoms with Gasteiger partial charge in [-0.1, -0.05) is 65.7 Å². The van der Waals surface area contributed by atoms with Crippen molar-refractivity contribution in [3.05, 3.63) is 118 Å². The standard InChI is InChI=1S/C31H29Cl2NO5S/c1-2-39-31(36)24-7-3-5-22(17-24)28-14-13-27(19-29(28)33)40(37,38)26-11-9-21(10-12-26)15-16-34-20-30(35)23-6-4-8-25(32)18-23/h3-14,17-19,30,34-35H,2,15-16,20H2,1H3/t30-/m0/s1. The molecular weight excluding hydrogens is 569 g/mol. The lowest BCUT2D eigenvalue weighted by Crippen LogP contribution is -2.23. The summed E-state index contributed by atoms with van der Waals surface area (Å²) in [6.07, 6.45) is -0.0144. The van der Waals surface area contributed by atoms with Crippen LogP contribution in [0.15, 0.2) is 101 Å². The number of hydrogen-bond donors (Lipinski definition) is 2. The smallest absolute Gasteiger partial charge is 0.338 e. The number of nitrogens with one attached hydrogen (secondary N) is 1. The number of sulfone groups is 1. The maximum atomic E-state index is 13.3. The summed E-state index contributed by atoms with van der Waals surface area (Å²) in [4.78, 5) is 12.3. The van der Waals surface area contributed by atoms with E-state index in [0.29, 0.717) is 41.2 Å². The Kier molecular flexibility index (Phi) is 10.0. The third kappa shape index (κ3) is 7.30. The minimum absolute atomic E-state index is 0.0761. The number of carbonyl (C=O) groups excluding carboxylic acids is 1. The van der Waals surface area contributed by atoms with Gasteiger partial charge < -0.3 is 15.2 Å². The lowest BCUT2D eigenvalue weighted by Gasteiger charge is -2.13.